The molecular formula is C6H10BrN3O5. The van der Waals surface area contributed by atoms with Crippen molar-refractivity contribution >= 4 is 15.9 Å². The van der Waals surface area contributed by atoms with Gasteiger partial charge in [-0.15, -0.1) is 0 Å². The highest BCUT2D eigenvalue weighted by molar-refractivity contribution is 9.10. The summed E-state index contributed by atoms with van der Waals surface area (Å²) in [5, 5.41) is 40.2. The van der Waals surface area contributed by atoms with E-state index >= 15 is 0 Å². The first kappa shape index (κ1) is 12.7. The van der Waals surface area contributed by atoms with Crippen LogP contribution in [0.2, 0.25) is 0 Å². The molecule has 0 aromatic rings. The Hall–Kier alpha value is -0.410. The van der Waals surface area contributed by atoms with Gasteiger partial charge >= 0.3 is 0 Å². The van der Waals surface area contributed by atoms with E-state index < -0.39 is 35.7 Å². The van der Waals surface area contributed by atoms with Crippen molar-refractivity contribution in [3.8, 4) is 0 Å². The van der Waals surface area contributed by atoms with Crippen LogP contribution in [0.1, 0.15) is 0 Å². The number of aliphatic hydroxyl groups is 4. The fraction of sp³-hybridized carbons (Fsp3) is 1.00. The van der Waals surface area contributed by atoms with Crippen molar-refractivity contribution in [3.63, 3.8) is 0 Å². The molecule has 0 spiro atoms. The molecule has 4 N–H and O–H groups in total. The summed E-state index contributed by atoms with van der Waals surface area (Å²) in [7, 11) is 0. The van der Waals surface area contributed by atoms with Crippen LogP contribution < -0.4 is 0 Å². The van der Waals surface area contributed by atoms with Gasteiger partial charge in [0.05, 0.1) is 6.61 Å². The molecule has 0 radical (unpaired) electrons. The number of hydrogen-bond acceptors (Lipinski definition) is 6. The number of halogens is 1. The number of hydrogen-bond donors (Lipinski definition) is 4. The van der Waals surface area contributed by atoms with Crippen molar-refractivity contribution in [2.24, 2.45) is 5.11 Å². The van der Waals surface area contributed by atoms with Crippen LogP contribution >= 0.6 is 15.9 Å². The Bertz CT molecular complexity index is 284. The summed E-state index contributed by atoms with van der Waals surface area (Å²) in [6.45, 7) is -0.584. The third-order valence-corrected chi connectivity index (χ3v) is 2.91. The molecule has 0 aromatic carbocycles. The van der Waals surface area contributed by atoms with Crippen molar-refractivity contribution < 1.29 is 25.2 Å². The second kappa shape index (κ2) is 4.62. The van der Waals surface area contributed by atoms with Crippen molar-refractivity contribution in [1.82, 2.24) is 0 Å². The fourth-order valence-corrected chi connectivity index (χ4v) is 1.84. The number of azide groups is 1. The molecule has 1 fully saturated rings. The molecule has 0 aromatic heterocycles. The third-order valence-electron chi connectivity index (χ3n) is 2.10. The van der Waals surface area contributed by atoms with Crippen LogP contribution in [0, 0.1) is 0 Å². The maximum atomic E-state index is 9.48. The van der Waals surface area contributed by atoms with Gasteiger partial charge in [0, 0.05) is 4.91 Å². The minimum absolute atomic E-state index is 0.584. The Kier molecular flexibility index (Phi) is 3.90. The van der Waals surface area contributed by atoms with Crippen molar-refractivity contribution in [1.29, 1.82) is 0 Å². The van der Waals surface area contributed by atoms with Gasteiger partial charge in [-0.3, -0.25) is 0 Å². The summed E-state index contributed by atoms with van der Waals surface area (Å²) in [5.41, 5.74) is 8.24. The van der Waals surface area contributed by atoms with E-state index in [1.807, 2.05) is 0 Å². The Balaban J connectivity index is 2.97. The lowest BCUT2D eigenvalue weighted by atomic mass is 9.99. The van der Waals surface area contributed by atoms with E-state index in [-0.39, 0.29) is 0 Å². The van der Waals surface area contributed by atoms with E-state index in [4.69, 9.17) is 15.4 Å². The smallest absolute Gasteiger partial charge is 0.230 e. The van der Waals surface area contributed by atoms with Gasteiger partial charge in [0.2, 0.25) is 4.63 Å². The van der Waals surface area contributed by atoms with Gasteiger partial charge in [0.15, 0.2) is 0 Å². The van der Waals surface area contributed by atoms with E-state index in [1.165, 1.54) is 0 Å². The molecule has 86 valence electrons. The maximum Gasteiger partial charge on any atom is 0.230 e. The zero-order chi connectivity index (χ0) is 11.6. The molecule has 5 atom stereocenters. The molecule has 0 bridgehead atoms. The van der Waals surface area contributed by atoms with E-state index in [0.717, 1.165) is 0 Å². The van der Waals surface area contributed by atoms with Gasteiger partial charge in [0.25, 0.3) is 0 Å². The van der Waals surface area contributed by atoms with Gasteiger partial charge in [-0.25, -0.2) is 0 Å². The molecule has 1 aliphatic rings. The molecule has 0 saturated carbocycles. The summed E-state index contributed by atoms with van der Waals surface area (Å²) >= 11 is 2.80. The van der Waals surface area contributed by atoms with E-state index in [9.17, 15) is 15.3 Å². The monoisotopic (exact) mass is 283 g/mol. The van der Waals surface area contributed by atoms with Crippen LogP contribution in [0.4, 0.5) is 0 Å². The van der Waals surface area contributed by atoms with Gasteiger partial charge in [0.1, 0.15) is 24.4 Å². The molecule has 1 saturated heterocycles. The predicted molar refractivity (Wildman–Crippen MR) is 50.8 cm³/mol. The third kappa shape index (κ3) is 2.23. The Morgan fingerprint density at radius 1 is 1.40 bits per heavy atom. The summed E-state index contributed by atoms with van der Waals surface area (Å²) in [4.78, 5) is 2.43. The molecule has 8 nitrogen and oxygen atoms in total. The largest absolute Gasteiger partial charge is 0.394 e. The molecule has 9 heteroatoms. The summed E-state index contributed by atoms with van der Waals surface area (Å²) < 4.78 is 3.06. The molecular weight excluding hydrogens is 274 g/mol. The molecule has 1 unspecified atom stereocenters. The summed E-state index contributed by atoms with van der Waals surface area (Å²) in [6, 6.07) is 0. The maximum absolute atomic E-state index is 9.48. The van der Waals surface area contributed by atoms with Gasteiger partial charge < -0.3 is 25.2 Å². The normalized spacial score (nSPS) is 45.9. The highest BCUT2D eigenvalue weighted by Crippen LogP contribution is 2.36. The lowest BCUT2D eigenvalue weighted by molar-refractivity contribution is -0.237. The first-order valence-electron chi connectivity index (χ1n) is 4.04. The SMILES string of the molecule is [N-]=[N+]=NC1(Br)O[C@H](CO)[C@H](O)[C@H](O)[C@H]1O. The van der Waals surface area contributed by atoms with E-state index in [1.54, 1.807) is 0 Å². The predicted octanol–water partition coefficient (Wildman–Crippen LogP) is -1.18. The van der Waals surface area contributed by atoms with Crippen molar-refractivity contribution in [2.45, 2.75) is 29.1 Å². The van der Waals surface area contributed by atoms with E-state index in [2.05, 4.69) is 26.0 Å². The Labute approximate surface area is 92.8 Å². The Morgan fingerprint density at radius 2 is 2.00 bits per heavy atom. The lowest BCUT2D eigenvalue weighted by Gasteiger charge is -2.42. The summed E-state index contributed by atoms with van der Waals surface area (Å²) in [5.74, 6) is 0. The van der Waals surface area contributed by atoms with Crippen LogP contribution in [0.3, 0.4) is 0 Å². The molecule has 1 heterocycles. The van der Waals surface area contributed by atoms with Crippen LogP contribution in [0.5, 0.6) is 0 Å². The number of alkyl halides is 1. The summed E-state index contributed by atoms with van der Waals surface area (Å²) in [6.07, 6.45) is -5.81. The number of nitrogens with zero attached hydrogens (tertiary/aromatic N) is 3. The minimum atomic E-state index is -1.88. The number of ether oxygens (including phenoxy) is 1. The number of rotatable bonds is 2. The minimum Gasteiger partial charge on any atom is -0.394 e. The molecule has 1 aliphatic heterocycles. The van der Waals surface area contributed by atoms with Crippen molar-refractivity contribution in [3.05, 3.63) is 10.4 Å². The first-order chi connectivity index (χ1) is 6.96. The molecule has 15 heavy (non-hydrogen) atoms. The average molecular weight is 284 g/mol. The quantitative estimate of drug-likeness (QED) is 0.166. The second-order valence-corrected chi connectivity index (χ2v) is 4.20. The van der Waals surface area contributed by atoms with E-state index in [0.29, 0.717) is 0 Å². The second-order valence-electron chi connectivity index (χ2n) is 3.06. The topological polar surface area (TPSA) is 139 Å². The van der Waals surface area contributed by atoms with Gasteiger partial charge in [-0.05, 0) is 26.6 Å². The lowest BCUT2D eigenvalue weighted by Crippen LogP contribution is -2.61. The molecule has 1 rings (SSSR count). The highest BCUT2D eigenvalue weighted by Gasteiger charge is 2.51. The molecule has 0 aliphatic carbocycles. The standard InChI is InChI=1S/C6H10BrN3O5/c7-6(9-10-8)5(14)4(13)3(12)2(1-11)15-6/h2-5,11-14H,1H2/t2-,3+,4+,5-,6?/m1/s1. The van der Waals surface area contributed by atoms with Gasteiger partial charge in [-0.2, -0.15) is 0 Å². The first-order valence-corrected chi connectivity index (χ1v) is 4.83. The van der Waals surface area contributed by atoms with Crippen LogP contribution in [-0.4, -0.2) is 56.1 Å². The zero-order valence-corrected chi connectivity index (χ0v) is 9.02. The zero-order valence-electron chi connectivity index (χ0n) is 7.43. The van der Waals surface area contributed by atoms with Crippen LogP contribution in [-0.2, 0) is 4.74 Å². The van der Waals surface area contributed by atoms with Crippen molar-refractivity contribution in [2.75, 3.05) is 6.61 Å². The average Bonchev–Trinajstić information content (AvgIpc) is 2.21. The molecule has 0 amide bonds. The fourth-order valence-electron chi connectivity index (χ4n) is 1.26. The highest BCUT2D eigenvalue weighted by atomic mass is 79.9. The van der Waals surface area contributed by atoms with Crippen LogP contribution in [0.15, 0.2) is 5.11 Å². The number of aliphatic hydroxyl groups excluding tert-OH is 4. The van der Waals surface area contributed by atoms with Gasteiger partial charge in [-0.1, -0.05) is 0 Å². The van der Waals surface area contributed by atoms with Crippen LogP contribution in [0.25, 0.3) is 10.4 Å². The Morgan fingerprint density at radius 3 is 2.47 bits per heavy atom.